The summed E-state index contributed by atoms with van der Waals surface area (Å²) in [6.07, 6.45) is 0.287. The molecular weight excluding hydrogens is 598 g/mol. The molecule has 2 heterocycles. The molecule has 2 aromatic rings. The van der Waals surface area contributed by atoms with Gasteiger partial charge in [-0.1, -0.05) is 47.5 Å². The standard InChI is InChI=1S/C30H37Cl2FN6O4/c1-18-16-38(14-13-37(18)2)25(40)9-10-26(41)39-17-20-6-4-3-5-19(20)15-24(39)30(43)36-23(11-12-34)29(42)35-22-8-7-21(31)27(32)28(22)33/h3-8,18,23-24H,9-17,34H2,1-2H3,(H,35,42)(H,36,43)/t18-,23+,24+/m1/s1. The number of hydrogen-bond acceptors (Lipinski definition) is 6. The van der Waals surface area contributed by atoms with Crippen molar-refractivity contribution < 1.29 is 23.6 Å². The van der Waals surface area contributed by atoms with Crippen LogP contribution < -0.4 is 16.4 Å². The summed E-state index contributed by atoms with van der Waals surface area (Å²) < 4.78 is 14.6. The Kier molecular flexibility index (Phi) is 11.0. The number of nitrogens with two attached hydrogens (primary N) is 1. The summed E-state index contributed by atoms with van der Waals surface area (Å²) in [5.41, 5.74) is 7.35. The van der Waals surface area contributed by atoms with E-state index in [2.05, 4.69) is 22.5 Å². The molecule has 232 valence electrons. The van der Waals surface area contributed by atoms with Gasteiger partial charge in [-0.25, -0.2) is 4.39 Å². The smallest absolute Gasteiger partial charge is 0.247 e. The number of amides is 4. The van der Waals surface area contributed by atoms with Gasteiger partial charge < -0.3 is 31.1 Å². The Hall–Kier alpha value is -3.25. The van der Waals surface area contributed by atoms with E-state index in [1.807, 2.05) is 31.3 Å². The van der Waals surface area contributed by atoms with Crippen molar-refractivity contribution in [2.24, 2.45) is 5.73 Å². The van der Waals surface area contributed by atoms with Crippen molar-refractivity contribution >= 4 is 52.5 Å². The number of piperazine rings is 1. The van der Waals surface area contributed by atoms with Crippen molar-refractivity contribution in [3.05, 3.63) is 63.4 Å². The van der Waals surface area contributed by atoms with E-state index < -0.39 is 29.7 Å². The highest BCUT2D eigenvalue weighted by Gasteiger charge is 2.36. The lowest BCUT2D eigenvalue weighted by Crippen LogP contribution is -2.56. The van der Waals surface area contributed by atoms with Crippen LogP contribution in [0.15, 0.2) is 36.4 Å². The zero-order chi connectivity index (χ0) is 31.3. The van der Waals surface area contributed by atoms with E-state index in [0.717, 1.165) is 17.7 Å². The predicted molar refractivity (Wildman–Crippen MR) is 163 cm³/mol. The molecule has 1 saturated heterocycles. The summed E-state index contributed by atoms with van der Waals surface area (Å²) in [7, 11) is 2.02. The average Bonchev–Trinajstić information content (AvgIpc) is 3.00. The van der Waals surface area contributed by atoms with Crippen molar-refractivity contribution in [3.63, 3.8) is 0 Å². The molecule has 0 aromatic heterocycles. The molecule has 0 unspecified atom stereocenters. The first-order valence-corrected chi connectivity index (χ1v) is 15.0. The molecule has 2 aromatic carbocycles. The second-order valence-corrected chi connectivity index (χ2v) is 11.8. The molecule has 0 saturated carbocycles. The molecule has 0 spiro atoms. The molecule has 1 fully saturated rings. The molecule has 4 amide bonds. The Balaban J connectivity index is 1.47. The third kappa shape index (κ3) is 7.83. The maximum absolute atomic E-state index is 14.6. The lowest BCUT2D eigenvalue weighted by atomic mass is 9.92. The minimum absolute atomic E-state index is 0.00824. The van der Waals surface area contributed by atoms with Crippen molar-refractivity contribution in [3.8, 4) is 0 Å². The fourth-order valence-corrected chi connectivity index (χ4v) is 5.67. The van der Waals surface area contributed by atoms with Crippen LogP contribution in [-0.2, 0) is 32.1 Å². The van der Waals surface area contributed by atoms with E-state index in [0.29, 0.717) is 13.1 Å². The number of carbonyl (C=O) groups excluding carboxylic acids is 4. The highest BCUT2D eigenvalue weighted by molar-refractivity contribution is 6.42. The molecule has 13 heteroatoms. The maximum atomic E-state index is 14.6. The van der Waals surface area contributed by atoms with Gasteiger partial charge in [-0.05, 0) is 50.2 Å². The van der Waals surface area contributed by atoms with Crippen LogP contribution in [0.1, 0.15) is 37.3 Å². The second-order valence-electron chi connectivity index (χ2n) is 11.0. The van der Waals surface area contributed by atoms with Crippen LogP contribution in [0.2, 0.25) is 10.0 Å². The van der Waals surface area contributed by atoms with Gasteiger partial charge >= 0.3 is 0 Å². The monoisotopic (exact) mass is 634 g/mol. The van der Waals surface area contributed by atoms with E-state index in [1.165, 1.54) is 17.0 Å². The van der Waals surface area contributed by atoms with Crippen LogP contribution in [0.4, 0.5) is 10.1 Å². The van der Waals surface area contributed by atoms with Gasteiger partial charge in [0, 0.05) is 51.5 Å². The average molecular weight is 636 g/mol. The van der Waals surface area contributed by atoms with Crippen LogP contribution in [-0.4, -0.2) is 89.7 Å². The fraction of sp³-hybridized carbons (Fsp3) is 0.467. The molecule has 4 rings (SSSR count). The van der Waals surface area contributed by atoms with Gasteiger partial charge in [0.25, 0.3) is 0 Å². The number of halogens is 3. The van der Waals surface area contributed by atoms with Crippen molar-refractivity contribution in [1.29, 1.82) is 0 Å². The molecular formula is C30H37Cl2FN6O4. The fourth-order valence-electron chi connectivity index (χ4n) is 5.36. The third-order valence-corrected chi connectivity index (χ3v) is 8.90. The van der Waals surface area contributed by atoms with E-state index in [1.54, 1.807) is 4.90 Å². The minimum Gasteiger partial charge on any atom is -0.342 e. The van der Waals surface area contributed by atoms with Gasteiger partial charge in [0.15, 0.2) is 5.82 Å². The van der Waals surface area contributed by atoms with Crippen molar-refractivity contribution in [2.75, 3.05) is 38.5 Å². The van der Waals surface area contributed by atoms with Crippen LogP contribution in [0.25, 0.3) is 0 Å². The number of anilines is 1. The molecule has 0 aliphatic carbocycles. The summed E-state index contributed by atoms with van der Waals surface area (Å²) in [5, 5.41) is 4.80. The minimum atomic E-state index is -1.11. The number of nitrogens with one attached hydrogen (secondary N) is 2. The number of nitrogens with zero attached hydrogens (tertiary/aromatic N) is 3. The number of fused-ring (bicyclic) bond motifs is 1. The number of benzene rings is 2. The number of rotatable bonds is 9. The maximum Gasteiger partial charge on any atom is 0.247 e. The van der Waals surface area contributed by atoms with E-state index in [9.17, 15) is 23.6 Å². The largest absolute Gasteiger partial charge is 0.342 e. The highest BCUT2D eigenvalue weighted by Crippen LogP contribution is 2.30. The van der Waals surface area contributed by atoms with Crippen LogP contribution in [0, 0.1) is 5.82 Å². The van der Waals surface area contributed by atoms with Gasteiger partial charge in [0.05, 0.1) is 15.7 Å². The Labute approximate surface area is 260 Å². The summed E-state index contributed by atoms with van der Waals surface area (Å²) in [4.78, 5) is 58.6. The summed E-state index contributed by atoms with van der Waals surface area (Å²) in [6, 6.07) is 8.33. The number of carbonyl (C=O) groups is 4. The third-order valence-electron chi connectivity index (χ3n) is 8.12. The van der Waals surface area contributed by atoms with Gasteiger partial charge in [0.1, 0.15) is 12.1 Å². The summed E-state index contributed by atoms with van der Waals surface area (Å²) in [6.45, 7) is 4.27. The summed E-state index contributed by atoms with van der Waals surface area (Å²) in [5.74, 6) is -2.58. The normalized spacial score (nSPS) is 19.4. The zero-order valence-corrected chi connectivity index (χ0v) is 25.8. The molecule has 2 aliphatic heterocycles. The van der Waals surface area contributed by atoms with Gasteiger partial charge in [-0.2, -0.15) is 0 Å². The Morgan fingerprint density at radius 2 is 1.74 bits per heavy atom. The second kappa shape index (κ2) is 14.5. The van der Waals surface area contributed by atoms with Gasteiger partial charge in [0.2, 0.25) is 23.6 Å². The first kappa shape index (κ1) is 32.7. The quantitative estimate of drug-likeness (QED) is 0.364. The Bertz CT molecular complexity index is 1380. The predicted octanol–water partition coefficient (Wildman–Crippen LogP) is 2.80. The lowest BCUT2D eigenvalue weighted by Gasteiger charge is -2.38. The SMILES string of the molecule is C[C@@H]1CN(C(=O)CCC(=O)N2Cc3ccccc3C[C@H]2C(=O)N[C@@H](CCN)C(=O)Nc2ccc(Cl)c(Cl)c2F)CCN1C. The molecule has 43 heavy (non-hydrogen) atoms. The van der Waals surface area contributed by atoms with Crippen LogP contribution >= 0.6 is 23.2 Å². The van der Waals surface area contributed by atoms with Gasteiger partial charge in [-0.15, -0.1) is 0 Å². The number of likely N-dealkylation sites (N-methyl/N-ethyl adjacent to an activating group) is 1. The number of hydrogen-bond donors (Lipinski definition) is 3. The first-order chi connectivity index (χ1) is 20.5. The molecule has 10 nitrogen and oxygen atoms in total. The first-order valence-electron chi connectivity index (χ1n) is 14.3. The van der Waals surface area contributed by atoms with E-state index in [-0.39, 0.29) is 72.4 Å². The zero-order valence-electron chi connectivity index (χ0n) is 24.2. The van der Waals surface area contributed by atoms with E-state index in [4.69, 9.17) is 28.9 Å². The Morgan fingerprint density at radius 1 is 1.05 bits per heavy atom. The topological polar surface area (TPSA) is 128 Å². The van der Waals surface area contributed by atoms with Crippen LogP contribution in [0.3, 0.4) is 0 Å². The lowest BCUT2D eigenvalue weighted by molar-refractivity contribution is -0.144. The molecule has 0 radical (unpaired) electrons. The Morgan fingerprint density at radius 3 is 2.44 bits per heavy atom. The highest BCUT2D eigenvalue weighted by atomic mass is 35.5. The van der Waals surface area contributed by atoms with Crippen molar-refractivity contribution in [2.45, 2.75) is 57.3 Å². The summed E-state index contributed by atoms with van der Waals surface area (Å²) >= 11 is 11.7. The molecule has 0 bridgehead atoms. The van der Waals surface area contributed by atoms with Crippen LogP contribution in [0.5, 0.6) is 0 Å². The van der Waals surface area contributed by atoms with Crippen molar-refractivity contribution in [1.82, 2.24) is 20.0 Å². The molecule has 2 aliphatic rings. The van der Waals surface area contributed by atoms with E-state index >= 15 is 0 Å². The molecule has 3 atom stereocenters. The molecule has 4 N–H and O–H groups in total. The van der Waals surface area contributed by atoms with Gasteiger partial charge in [-0.3, -0.25) is 19.2 Å².